The van der Waals surface area contributed by atoms with Crippen LogP contribution in [0.25, 0.3) is 5.69 Å². The first-order chi connectivity index (χ1) is 16.7. The molecule has 1 atom stereocenters. The molecular weight excluding hydrogens is 445 g/mol. The number of hydrogen-bond acceptors (Lipinski definition) is 5. The van der Waals surface area contributed by atoms with Crippen LogP contribution in [0.4, 0.5) is 4.39 Å². The van der Waals surface area contributed by atoms with Crippen LogP contribution in [0, 0.1) is 24.6 Å². The van der Waals surface area contributed by atoms with Crippen molar-refractivity contribution in [2.45, 2.75) is 47.3 Å². The summed E-state index contributed by atoms with van der Waals surface area (Å²) in [7, 11) is 0. The Bertz CT molecular complexity index is 1050. The molecular formula is C28H38FN3O3. The number of halogens is 1. The number of ether oxygens (including phenoxy) is 2. The average molecular weight is 484 g/mol. The van der Waals surface area contributed by atoms with Gasteiger partial charge in [0.1, 0.15) is 11.6 Å². The Morgan fingerprint density at radius 1 is 0.971 bits per heavy atom. The third kappa shape index (κ3) is 8.16. The quantitative estimate of drug-likeness (QED) is 0.343. The summed E-state index contributed by atoms with van der Waals surface area (Å²) in [5, 5.41) is 15.4. The molecule has 1 N–H and O–H groups in total. The molecule has 0 saturated carbocycles. The van der Waals surface area contributed by atoms with E-state index >= 15 is 0 Å². The minimum Gasteiger partial charge on any atom is -0.438 e. The summed E-state index contributed by atoms with van der Waals surface area (Å²) >= 11 is 0. The SMILES string of the molecule is Cc1nn(-c2ccccc2)c(Oc2cccc(F)c2)c1CN(CC(C)C)C[C@@H](O)COCC(C)C. The van der Waals surface area contributed by atoms with Gasteiger partial charge in [-0.2, -0.15) is 5.10 Å². The van der Waals surface area contributed by atoms with Crippen molar-refractivity contribution >= 4 is 0 Å². The summed E-state index contributed by atoms with van der Waals surface area (Å²) in [5.74, 6) is 1.40. The van der Waals surface area contributed by atoms with E-state index in [9.17, 15) is 9.50 Å². The molecule has 0 aliphatic rings. The number of para-hydroxylation sites is 1. The fourth-order valence-corrected chi connectivity index (χ4v) is 3.95. The Kier molecular flexibility index (Phi) is 9.83. The van der Waals surface area contributed by atoms with Crippen LogP contribution >= 0.6 is 0 Å². The first-order valence-electron chi connectivity index (χ1n) is 12.3. The van der Waals surface area contributed by atoms with E-state index in [1.807, 2.05) is 37.3 Å². The van der Waals surface area contributed by atoms with Gasteiger partial charge in [0.05, 0.1) is 29.7 Å². The molecule has 0 saturated heterocycles. The molecule has 35 heavy (non-hydrogen) atoms. The average Bonchev–Trinajstić information content (AvgIpc) is 3.08. The molecule has 0 aliphatic carbocycles. The zero-order valence-electron chi connectivity index (χ0n) is 21.4. The van der Waals surface area contributed by atoms with Crippen LogP contribution in [-0.4, -0.2) is 52.2 Å². The predicted octanol–water partition coefficient (Wildman–Crippen LogP) is 5.60. The Morgan fingerprint density at radius 2 is 1.71 bits per heavy atom. The number of aliphatic hydroxyl groups is 1. The first-order valence-corrected chi connectivity index (χ1v) is 12.3. The smallest absolute Gasteiger partial charge is 0.227 e. The zero-order chi connectivity index (χ0) is 25.4. The highest BCUT2D eigenvalue weighted by Crippen LogP contribution is 2.32. The van der Waals surface area contributed by atoms with Crippen LogP contribution in [0.15, 0.2) is 54.6 Å². The van der Waals surface area contributed by atoms with Gasteiger partial charge in [-0.15, -0.1) is 0 Å². The van der Waals surface area contributed by atoms with Gasteiger partial charge >= 0.3 is 0 Å². The molecule has 0 aliphatic heterocycles. The number of aryl methyl sites for hydroxylation is 1. The highest BCUT2D eigenvalue weighted by molar-refractivity contribution is 5.43. The highest BCUT2D eigenvalue weighted by Gasteiger charge is 2.23. The van der Waals surface area contributed by atoms with Crippen LogP contribution in [0.1, 0.15) is 39.0 Å². The number of aromatic nitrogens is 2. The Labute approximate surface area is 208 Å². The van der Waals surface area contributed by atoms with Gasteiger partial charge in [-0.05, 0) is 43.0 Å². The Morgan fingerprint density at radius 3 is 2.37 bits per heavy atom. The van der Waals surface area contributed by atoms with Crippen LogP contribution in [0.3, 0.4) is 0 Å². The van der Waals surface area contributed by atoms with Gasteiger partial charge in [-0.1, -0.05) is 52.0 Å². The van der Waals surface area contributed by atoms with Gasteiger partial charge in [0.2, 0.25) is 5.88 Å². The molecule has 1 heterocycles. The second-order valence-corrected chi connectivity index (χ2v) is 9.85. The van der Waals surface area contributed by atoms with Gasteiger partial charge in [-0.3, -0.25) is 4.90 Å². The topological polar surface area (TPSA) is 59.8 Å². The second-order valence-electron chi connectivity index (χ2n) is 9.85. The van der Waals surface area contributed by atoms with Crippen molar-refractivity contribution in [1.82, 2.24) is 14.7 Å². The van der Waals surface area contributed by atoms with Crippen molar-refractivity contribution in [3.63, 3.8) is 0 Å². The van der Waals surface area contributed by atoms with E-state index in [4.69, 9.17) is 14.6 Å². The number of nitrogens with zero attached hydrogens (tertiary/aromatic N) is 3. The van der Waals surface area contributed by atoms with Gasteiger partial charge in [0.15, 0.2) is 0 Å². The van der Waals surface area contributed by atoms with E-state index in [0.717, 1.165) is 23.5 Å². The van der Waals surface area contributed by atoms with E-state index in [-0.39, 0.29) is 5.82 Å². The van der Waals surface area contributed by atoms with Gasteiger partial charge < -0.3 is 14.6 Å². The second kappa shape index (κ2) is 12.8. The molecule has 0 fully saturated rings. The molecule has 1 aromatic heterocycles. The van der Waals surface area contributed by atoms with E-state index in [1.165, 1.54) is 12.1 Å². The molecule has 2 aromatic carbocycles. The van der Waals surface area contributed by atoms with Crippen molar-refractivity contribution in [3.8, 4) is 17.3 Å². The standard InChI is InChI=1S/C28H38FN3O3/c1-20(2)15-31(16-25(33)19-34-18-21(3)4)17-27-22(5)30-32(24-11-7-6-8-12-24)28(27)35-26-13-9-10-23(29)14-26/h6-14,20-21,25,33H,15-19H2,1-5H3/t25-/m1/s1. The van der Waals surface area contributed by atoms with Gasteiger partial charge in [0.25, 0.3) is 0 Å². The van der Waals surface area contributed by atoms with E-state index in [1.54, 1.807) is 16.8 Å². The fraction of sp³-hybridized carbons (Fsp3) is 0.464. The molecule has 7 heteroatoms. The number of hydrogen-bond donors (Lipinski definition) is 1. The first kappa shape index (κ1) is 26.9. The lowest BCUT2D eigenvalue weighted by Crippen LogP contribution is -2.37. The third-order valence-electron chi connectivity index (χ3n) is 5.38. The fourth-order valence-electron chi connectivity index (χ4n) is 3.95. The third-order valence-corrected chi connectivity index (χ3v) is 5.38. The van der Waals surface area contributed by atoms with Gasteiger partial charge in [-0.25, -0.2) is 9.07 Å². The van der Waals surface area contributed by atoms with Crippen LogP contribution in [0.2, 0.25) is 0 Å². The van der Waals surface area contributed by atoms with Crippen LogP contribution < -0.4 is 4.74 Å². The summed E-state index contributed by atoms with van der Waals surface area (Å²) in [5.41, 5.74) is 2.57. The molecule has 0 amide bonds. The molecule has 3 aromatic rings. The van der Waals surface area contributed by atoms with Crippen molar-refractivity contribution in [2.75, 3.05) is 26.3 Å². The van der Waals surface area contributed by atoms with Gasteiger partial charge in [0, 0.05) is 32.3 Å². The number of benzene rings is 2. The molecule has 0 bridgehead atoms. The number of aliphatic hydroxyl groups excluding tert-OH is 1. The van der Waals surface area contributed by atoms with Crippen LogP contribution in [-0.2, 0) is 11.3 Å². The summed E-state index contributed by atoms with van der Waals surface area (Å²) in [4.78, 5) is 2.20. The maximum absolute atomic E-state index is 13.9. The lowest BCUT2D eigenvalue weighted by atomic mass is 10.1. The minimum absolute atomic E-state index is 0.293. The summed E-state index contributed by atoms with van der Waals surface area (Å²) in [6.07, 6.45) is -0.607. The Hall–Kier alpha value is -2.74. The molecule has 0 unspecified atom stereocenters. The van der Waals surface area contributed by atoms with Crippen molar-refractivity contribution in [3.05, 3.63) is 71.7 Å². The zero-order valence-corrected chi connectivity index (χ0v) is 21.4. The summed E-state index contributed by atoms with van der Waals surface area (Å²) in [6.45, 7) is 13.1. The lowest BCUT2D eigenvalue weighted by molar-refractivity contribution is 0.00511. The number of rotatable bonds is 13. The predicted molar refractivity (Wildman–Crippen MR) is 137 cm³/mol. The molecule has 6 nitrogen and oxygen atoms in total. The summed E-state index contributed by atoms with van der Waals surface area (Å²) < 4.78 is 27.6. The maximum Gasteiger partial charge on any atom is 0.227 e. The lowest BCUT2D eigenvalue weighted by Gasteiger charge is -2.27. The molecule has 0 spiro atoms. The molecule has 190 valence electrons. The monoisotopic (exact) mass is 483 g/mol. The van der Waals surface area contributed by atoms with Crippen LogP contribution in [0.5, 0.6) is 11.6 Å². The summed E-state index contributed by atoms with van der Waals surface area (Å²) in [6, 6.07) is 15.8. The van der Waals surface area contributed by atoms with E-state index in [2.05, 4.69) is 32.6 Å². The minimum atomic E-state index is -0.607. The largest absolute Gasteiger partial charge is 0.438 e. The molecule has 0 radical (unpaired) electrons. The van der Waals surface area contributed by atoms with E-state index in [0.29, 0.717) is 49.8 Å². The van der Waals surface area contributed by atoms with Crippen molar-refractivity contribution in [1.29, 1.82) is 0 Å². The molecule has 3 rings (SSSR count). The highest BCUT2D eigenvalue weighted by atomic mass is 19.1. The van der Waals surface area contributed by atoms with Crippen molar-refractivity contribution < 1.29 is 19.0 Å². The van der Waals surface area contributed by atoms with E-state index < -0.39 is 6.10 Å². The maximum atomic E-state index is 13.9. The normalized spacial score (nSPS) is 12.6. The Balaban J connectivity index is 1.90. The van der Waals surface area contributed by atoms with Crippen molar-refractivity contribution in [2.24, 2.45) is 11.8 Å².